The lowest BCUT2D eigenvalue weighted by Gasteiger charge is -2.25. The van der Waals surface area contributed by atoms with E-state index in [-0.39, 0.29) is 10.9 Å². The number of nitrogens with zero attached hydrogens (tertiary/aromatic N) is 4. The average molecular weight is 377 g/mol. The second-order valence-corrected chi connectivity index (χ2v) is 8.02. The van der Waals surface area contributed by atoms with Crippen LogP contribution in [0.2, 0.25) is 5.02 Å². The van der Waals surface area contributed by atoms with E-state index in [1.54, 1.807) is 30.2 Å². The van der Waals surface area contributed by atoms with Crippen LogP contribution in [-0.2, 0) is 10.0 Å². The van der Waals surface area contributed by atoms with Gasteiger partial charge in [0.2, 0.25) is 10.0 Å². The van der Waals surface area contributed by atoms with Crippen LogP contribution in [0.4, 0.5) is 0 Å². The first-order valence-corrected chi connectivity index (χ1v) is 9.40. The summed E-state index contributed by atoms with van der Waals surface area (Å²) >= 11 is 5.92. The molecule has 0 radical (unpaired) electrons. The minimum Gasteiger partial charge on any atom is -0.223 e. The summed E-state index contributed by atoms with van der Waals surface area (Å²) in [6.07, 6.45) is 3.07. The van der Waals surface area contributed by atoms with Gasteiger partial charge in [0.15, 0.2) is 0 Å². The zero-order valence-corrected chi connectivity index (χ0v) is 15.3. The molecule has 3 rings (SSSR count). The van der Waals surface area contributed by atoms with Gasteiger partial charge in [0.25, 0.3) is 0 Å². The molecule has 6 nitrogen and oxygen atoms in total. The van der Waals surface area contributed by atoms with E-state index in [0.717, 1.165) is 11.3 Å². The van der Waals surface area contributed by atoms with Crippen LogP contribution in [0.5, 0.6) is 0 Å². The first-order valence-electron chi connectivity index (χ1n) is 7.58. The van der Waals surface area contributed by atoms with E-state index in [4.69, 9.17) is 11.6 Å². The summed E-state index contributed by atoms with van der Waals surface area (Å²) in [7, 11) is -2.08. The van der Waals surface area contributed by atoms with Gasteiger partial charge in [-0.15, -0.1) is 0 Å². The Labute approximate surface area is 151 Å². The van der Waals surface area contributed by atoms with Crippen LogP contribution >= 0.6 is 11.6 Å². The van der Waals surface area contributed by atoms with E-state index in [1.165, 1.54) is 22.8 Å². The van der Waals surface area contributed by atoms with Gasteiger partial charge in [0, 0.05) is 18.1 Å². The van der Waals surface area contributed by atoms with Crippen molar-refractivity contribution in [3.8, 4) is 5.69 Å². The Kier molecular flexibility index (Phi) is 4.89. The fourth-order valence-electron chi connectivity index (χ4n) is 2.46. The molecule has 130 valence electrons. The number of hydrogen-bond acceptors (Lipinski definition) is 4. The second-order valence-electron chi connectivity index (χ2n) is 5.59. The van der Waals surface area contributed by atoms with Gasteiger partial charge < -0.3 is 0 Å². The van der Waals surface area contributed by atoms with Gasteiger partial charge in [-0.05, 0) is 42.8 Å². The first-order chi connectivity index (χ1) is 11.9. The van der Waals surface area contributed by atoms with Crippen molar-refractivity contribution in [3.63, 3.8) is 0 Å². The van der Waals surface area contributed by atoms with E-state index in [0.29, 0.717) is 5.02 Å². The molecule has 2 aromatic carbocycles. The lowest BCUT2D eigenvalue weighted by atomic mass is 10.1. The highest BCUT2D eigenvalue weighted by molar-refractivity contribution is 7.89. The van der Waals surface area contributed by atoms with Crippen molar-refractivity contribution in [3.05, 3.63) is 71.8 Å². The summed E-state index contributed by atoms with van der Waals surface area (Å²) in [6.45, 7) is 1.84. The third-order valence-electron chi connectivity index (χ3n) is 4.08. The zero-order chi connectivity index (χ0) is 18.0. The minimum absolute atomic E-state index is 0.175. The minimum atomic E-state index is -3.64. The Hall–Kier alpha value is -2.22. The second kappa shape index (κ2) is 6.95. The van der Waals surface area contributed by atoms with Gasteiger partial charge in [0.05, 0.1) is 10.6 Å². The molecular formula is C17H17ClN4O2S. The molecule has 25 heavy (non-hydrogen) atoms. The number of benzene rings is 2. The molecule has 0 fully saturated rings. The molecule has 0 spiro atoms. The van der Waals surface area contributed by atoms with E-state index in [2.05, 4.69) is 10.1 Å². The van der Waals surface area contributed by atoms with Gasteiger partial charge in [-0.1, -0.05) is 29.8 Å². The molecule has 0 unspecified atom stereocenters. The Morgan fingerprint density at radius 1 is 1.16 bits per heavy atom. The number of rotatable bonds is 5. The van der Waals surface area contributed by atoms with Crippen molar-refractivity contribution in [1.82, 2.24) is 19.1 Å². The fourth-order valence-corrected chi connectivity index (χ4v) is 4.11. The Bertz CT molecular complexity index is 957. The molecule has 8 heteroatoms. The van der Waals surface area contributed by atoms with Crippen LogP contribution in [0.1, 0.15) is 18.5 Å². The van der Waals surface area contributed by atoms with Crippen LogP contribution < -0.4 is 0 Å². The molecule has 3 aromatic rings. The van der Waals surface area contributed by atoms with Crippen LogP contribution in [-0.4, -0.2) is 34.5 Å². The van der Waals surface area contributed by atoms with Crippen molar-refractivity contribution >= 4 is 21.6 Å². The van der Waals surface area contributed by atoms with E-state index in [1.807, 2.05) is 31.2 Å². The molecule has 0 saturated heterocycles. The van der Waals surface area contributed by atoms with Crippen LogP contribution in [0.15, 0.2) is 66.1 Å². The van der Waals surface area contributed by atoms with E-state index >= 15 is 0 Å². The monoisotopic (exact) mass is 376 g/mol. The Morgan fingerprint density at radius 3 is 2.48 bits per heavy atom. The van der Waals surface area contributed by atoms with Gasteiger partial charge >= 0.3 is 0 Å². The largest absolute Gasteiger partial charge is 0.243 e. The summed E-state index contributed by atoms with van der Waals surface area (Å²) in [5.74, 6) is 0. The maximum absolute atomic E-state index is 12.8. The first kappa shape index (κ1) is 17.6. The molecule has 0 aliphatic carbocycles. The summed E-state index contributed by atoms with van der Waals surface area (Å²) in [5, 5.41) is 4.46. The molecule has 0 aliphatic rings. The highest BCUT2D eigenvalue weighted by atomic mass is 35.5. The lowest BCUT2D eigenvalue weighted by Crippen LogP contribution is -2.29. The predicted molar refractivity (Wildman–Crippen MR) is 96.2 cm³/mol. The van der Waals surface area contributed by atoms with Crippen LogP contribution in [0, 0.1) is 0 Å². The average Bonchev–Trinajstić information content (AvgIpc) is 3.15. The van der Waals surface area contributed by atoms with Crippen molar-refractivity contribution in [2.24, 2.45) is 0 Å². The number of halogens is 1. The molecule has 0 amide bonds. The Balaban J connectivity index is 1.85. The molecule has 0 N–H and O–H groups in total. The summed E-state index contributed by atoms with van der Waals surface area (Å²) in [4.78, 5) is 4.09. The maximum Gasteiger partial charge on any atom is 0.243 e. The number of hydrogen-bond donors (Lipinski definition) is 0. The zero-order valence-electron chi connectivity index (χ0n) is 13.7. The predicted octanol–water partition coefficient (Wildman–Crippen LogP) is 3.30. The fraction of sp³-hybridized carbons (Fsp3) is 0.176. The normalized spacial score (nSPS) is 13.1. The SMILES string of the molecule is C[C@@H](c1ccc(-n2cncn2)cc1)N(C)S(=O)(=O)c1cccc(Cl)c1. The van der Waals surface area contributed by atoms with Crippen molar-refractivity contribution in [2.75, 3.05) is 7.05 Å². The molecule has 0 saturated carbocycles. The Morgan fingerprint density at radius 2 is 1.88 bits per heavy atom. The highest BCUT2D eigenvalue weighted by Gasteiger charge is 2.26. The molecule has 1 atom stereocenters. The summed E-state index contributed by atoms with van der Waals surface area (Å²) in [5.41, 5.74) is 1.73. The van der Waals surface area contributed by atoms with Gasteiger partial charge in [-0.25, -0.2) is 18.1 Å². The summed E-state index contributed by atoms with van der Waals surface area (Å²) < 4.78 is 28.6. The smallest absolute Gasteiger partial charge is 0.223 e. The van der Waals surface area contributed by atoms with Crippen molar-refractivity contribution in [2.45, 2.75) is 17.9 Å². The summed E-state index contributed by atoms with van der Waals surface area (Å²) in [6, 6.07) is 13.4. The standard InChI is InChI=1S/C17H17ClN4O2S/c1-13(14-6-8-16(9-7-14)22-12-19-11-20-22)21(2)25(23,24)17-5-3-4-15(18)10-17/h3-13H,1-2H3/t13-/m0/s1. The highest BCUT2D eigenvalue weighted by Crippen LogP contribution is 2.27. The molecule has 1 heterocycles. The van der Waals surface area contributed by atoms with Crippen LogP contribution in [0.25, 0.3) is 5.69 Å². The van der Waals surface area contributed by atoms with Crippen LogP contribution in [0.3, 0.4) is 0 Å². The third-order valence-corrected chi connectivity index (χ3v) is 6.24. The number of aromatic nitrogens is 3. The topological polar surface area (TPSA) is 68.1 Å². The van der Waals surface area contributed by atoms with Gasteiger partial charge in [-0.3, -0.25) is 0 Å². The number of sulfonamides is 1. The molecule has 0 bridgehead atoms. The molecule has 0 aliphatic heterocycles. The lowest BCUT2D eigenvalue weighted by molar-refractivity contribution is 0.398. The third kappa shape index (κ3) is 3.58. The van der Waals surface area contributed by atoms with Gasteiger partial charge in [-0.2, -0.15) is 9.40 Å². The van der Waals surface area contributed by atoms with E-state index in [9.17, 15) is 8.42 Å². The van der Waals surface area contributed by atoms with E-state index < -0.39 is 10.0 Å². The van der Waals surface area contributed by atoms with Crippen molar-refractivity contribution in [1.29, 1.82) is 0 Å². The molecule has 1 aromatic heterocycles. The quantitative estimate of drug-likeness (QED) is 0.685. The van der Waals surface area contributed by atoms with Crippen molar-refractivity contribution < 1.29 is 8.42 Å². The maximum atomic E-state index is 12.8. The molecular weight excluding hydrogens is 360 g/mol. The van der Waals surface area contributed by atoms with Gasteiger partial charge in [0.1, 0.15) is 12.7 Å².